The summed E-state index contributed by atoms with van der Waals surface area (Å²) in [5.74, 6) is 1.92. The van der Waals surface area contributed by atoms with Crippen molar-refractivity contribution in [1.29, 1.82) is 0 Å². The summed E-state index contributed by atoms with van der Waals surface area (Å²) in [6.45, 7) is 1.05. The Kier molecular flexibility index (Phi) is 6.01. The zero-order valence-electron chi connectivity index (χ0n) is 19.4. The molecule has 4 aromatic rings. The second kappa shape index (κ2) is 9.42. The number of carbonyl (C=O) groups excluding carboxylic acids is 2. The summed E-state index contributed by atoms with van der Waals surface area (Å²) in [4.78, 5) is 27.0. The Balaban J connectivity index is 1.27. The molecule has 0 unspecified atom stereocenters. The summed E-state index contributed by atoms with van der Waals surface area (Å²) in [5.41, 5.74) is 3.59. The van der Waals surface area contributed by atoms with Gasteiger partial charge < -0.3 is 28.5 Å². The summed E-state index contributed by atoms with van der Waals surface area (Å²) in [6.07, 6.45) is 2.17. The van der Waals surface area contributed by atoms with E-state index in [4.69, 9.17) is 18.3 Å². The highest BCUT2D eigenvalue weighted by molar-refractivity contribution is 6.02. The van der Waals surface area contributed by atoms with Crippen LogP contribution in [0.2, 0.25) is 0 Å². The number of carbonyl (C=O) groups is 2. The van der Waals surface area contributed by atoms with Gasteiger partial charge in [0.1, 0.15) is 5.76 Å². The molecule has 3 heterocycles. The van der Waals surface area contributed by atoms with Gasteiger partial charge in [0.2, 0.25) is 0 Å². The largest absolute Gasteiger partial charge is 0.493 e. The van der Waals surface area contributed by atoms with Crippen molar-refractivity contribution in [3.05, 3.63) is 89.6 Å². The lowest BCUT2D eigenvalue weighted by molar-refractivity contribution is 0.0703. The van der Waals surface area contributed by atoms with E-state index < -0.39 is 0 Å². The first-order valence-corrected chi connectivity index (χ1v) is 11.1. The van der Waals surface area contributed by atoms with E-state index in [0.29, 0.717) is 36.0 Å². The third-order valence-corrected chi connectivity index (χ3v) is 5.99. The number of rotatable bonds is 6. The number of nitrogens with one attached hydrogen (secondary N) is 1. The van der Waals surface area contributed by atoms with E-state index in [-0.39, 0.29) is 23.3 Å². The fourth-order valence-corrected chi connectivity index (χ4v) is 4.14. The molecule has 0 fully saturated rings. The zero-order chi connectivity index (χ0) is 24.4. The number of methoxy groups -OCH3 is 2. The average Bonchev–Trinajstić information content (AvgIpc) is 3.60. The van der Waals surface area contributed by atoms with Crippen LogP contribution >= 0.6 is 0 Å². The molecule has 8 heteroatoms. The van der Waals surface area contributed by atoms with Crippen molar-refractivity contribution < 1.29 is 27.9 Å². The van der Waals surface area contributed by atoms with E-state index in [1.54, 1.807) is 55.5 Å². The standard InChI is InChI=1S/C27H24N2O6/c1-32-24-14-18-11-12-29(16-19(18)15-25(24)33-2)27(31)23-10-9-21(35-23)17-5-7-20(8-6-17)28-26(30)22-4-3-13-34-22/h3-10,13-15H,11-12,16H2,1-2H3,(H,28,30). The summed E-state index contributed by atoms with van der Waals surface area (Å²) in [7, 11) is 3.21. The third kappa shape index (κ3) is 4.50. The van der Waals surface area contributed by atoms with Crippen molar-refractivity contribution in [2.75, 3.05) is 26.1 Å². The fraction of sp³-hybridized carbons (Fsp3) is 0.185. The number of anilines is 1. The van der Waals surface area contributed by atoms with Crippen molar-refractivity contribution in [2.45, 2.75) is 13.0 Å². The Bertz CT molecular complexity index is 1360. The van der Waals surface area contributed by atoms with Crippen LogP contribution in [-0.4, -0.2) is 37.5 Å². The third-order valence-electron chi connectivity index (χ3n) is 5.99. The number of fused-ring (bicyclic) bond motifs is 1. The number of ether oxygens (including phenoxy) is 2. The summed E-state index contributed by atoms with van der Waals surface area (Å²) in [6, 6.07) is 17.8. The van der Waals surface area contributed by atoms with Gasteiger partial charge in [0, 0.05) is 24.3 Å². The molecule has 0 bridgehead atoms. The Morgan fingerprint density at radius 1 is 0.914 bits per heavy atom. The normalized spacial score (nSPS) is 12.7. The van der Waals surface area contributed by atoms with E-state index in [2.05, 4.69) is 5.32 Å². The monoisotopic (exact) mass is 472 g/mol. The minimum Gasteiger partial charge on any atom is -0.493 e. The molecule has 0 saturated heterocycles. The van der Waals surface area contributed by atoms with Crippen LogP contribution in [0, 0.1) is 0 Å². The van der Waals surface area contributed by atoms with Crippen LogP contribution in [0.5, 0.6) is 11.5 Å². The van der Waals surface area contributed by atoms with Crippen LogP contribution in [0.25, 0.3) is 11.3 Å². The SMILES string of the molecule is COc1cc2c(cc1OC)CN(C(=O)c1ccc(-c3ccc(NC(=O)c4ccco4)cc3)o1)CC2. The minimum absolute atomic E-state index is 0.168. The fourth-order valence-electron chi connectivity index (χ4n) is 4.14. The molecular formula is C27H24N2O6. The maximum Gasteiger partial charge on any atom is 0.291 e. The van der Waals surface area contributed by atoms with Crippen LogP contribution in [0.4, 0.5) is 5.69 Å². The number of furan rings is 2. The Labute approximate surface area is 202 Å². The van der Waals surface area contributed by atoms with Gasteiger partial charge >= 0.3 is 0 Å². The molecule has 5 rings (SSSR count). The number of hydrogen-bond acceptors (Lipinski definition) is 6. The van der Waals surface area contributed by atoms with E-state index in [9.17, 15) is 9.59 Å². The topological polar surface area (TPSA) is 94.2 Å². The van der Waals surface area contributed by atoms with Gasteiger partial charge in [-0.05, 0) is 78.2 Å². The number of nitrogens with zero attached hydrogens (tertiary/aromatic N) is 1. The molecule has 0 atom stereocenters. The molecule has 2 aromatic carbocycles. The summed E-state index contributed by atoms with van der Waals surface area (Å²) < 4.78 is 21.8. The second-order valence-electron chi connectivity index (χ2n) is 8.13. The van der Waals surface area contributed by atoms with Gasteiger partial charge in [0.25, 0.3) is 11.8 Å². The van der Waals surface area contributed by atoms with Crippen LogP contribution in [0.15, 0.2) is 75.8 Å². The summed E-state index contributed by atoms with van der Waals surface area (Å²) >= 11 is 0. The number of amides is 2. The maximum absolute atomic E-state index is 13.1. The Hall–Kier alpha value is -4.46. The van der Waals surface area contributed by atoms with Gasteiger partial charge in [0.15, 0.2) is 23.0 Å². The lowest BCUT2D eigenvalue weighted by atomic mass is 9.98. The lowest BCUT2D eigenvalue weighted by Gasteiger charge is -2.29. The van der Waals surface area contributed by atoms with Crippen molar-refractivity contribution in [1.82, 2.24) is 4.90 Å². The van der Waals surface area contributed by atoms with Crippen LogP contribution in [0.3, 0.4) is 0 Å². The molecular weight excluding hydrogens is 448 g/mol. The maximum atomic E-state index is 13.1. The van der Waals surface area contributed by atoms with Gasteiger partial charge in [-0.1, -0.05) is 0 Å². The smallest absolute Gasteiger partial charge is 0.291 e. The van der Waals surface area contributed by atoms with Crippen LogP contribution in [-0.2, 0) is 13.0 Å². The molecule has 2 aromatic heterocycles. The van der Waals surface area contributed by atoms with Crippen molar-refractivity contribution in [2.24, 2.45) is 0 Å². The first-order valence-electron chi connectivity index (χ1n) is 11.1. The minimum atomic E-state index is -0.326. The second-order valence-corrected chi connectivity index (χ2v) is 8.13. The van der Waals surface area contributed by atoms with E-state index in [1.807, 2.05) is 24.3 Å². The molecule has 1 aliphatic rings. The molecule has 0 aliphatic carbocycles. The number of hydrogen-bond donors (Lipinski definition) is 1. The molecule has 35 heavy (non-hydrogen) atoms. The quantitative estimate of drug-likeness (QED) is 0.424. The van der Waals surface area contributed by atoms with Crippen LogP contribution < -0.4 is 14.8 Å². The molecule has 2 amide bonds. The van der Waals surface area contributed by atoms with Gasteiger partial charge in [-0.3, -0.25) is 9.59 Å². The van der Waals surface area contributed by atoms with Crippen molar-refractivity contribution >= 4 is 17.5 Å². The van der Waals surface area contributed by atoms with Gasteiger partial charge in [-0.15, -0.1) is 0 Å². The highest BCUT2D eigenvalue weighted by atomic mass is 16.5. The van der Waals surface area contributed by atoms with Crippen LogP contribution in [0.1, 0.15) is 32.2 Å². The molecule has 1 aliphatic heterocycles. The Morgan fingerprint density at radius 3 is 2.34 bits per heavy atom. The molecule has 178 valence electrons. The first kappa shape index (κ1) is 22.3. The predicted molar refractivity (Wildman–Crippen MR) is 129 cm³/mol. The molecule has 0 radical (unpaired) electrons. The van der Waals surface area contributed by atoms with E-state index in [1.165, 1.54) is 6.26 Å². The molecule has 0 spiro atoms. The van der Waals surface area contributed by atoms with E-state index in [0.717, 1.165) is 23.1 Å². The van der Waals surface area contributed by atoms with Gasteiger partial charge in [-0.2, -0.15) is 0 Å². The van der Waals surface area contributed by atoms with Gasteiger partial charge in [-0.25, -0.2) is 0 Å². The number of benzene rings is 2. The molecule has 8 nitrogen and oxygen atoms in total. The highest BCUT2D eigenvalue weighted by Gasteiger charge is 2.25. The summed E-state index contributed by atoms with van der Waals surface area (Å²) in [5, 5.41) is 2.77. The van der Waals surface area contributed by atoms with Crippen molar-refractivity contribution in [3.8, 4) is 22.8 Å². The van der Waals surface area contributed by atoms with Crippen molar-refractivity contribution in [3.63, 3.8) is 0 Å². The highest BCUT2D eigenvalue weighted by Crippen LogP contribution is 2.34. The Morgan fingerprint density at radius 2 is 1.66 bits per heavy atom. The molecule has 0 saturated carbocycles. The lowest BCUT2D eigenvalue weighted by Crippen LogP contribution is -2.35. The first-order chi connectivity index (χ1) is 17.1. The van der Waals surface area contributed by atoms with E-state index >= 15 is 0 Å². The molecule has 1 N–H and O–H groups in total. The predicted octanol–water partition coefficient (Wildman–Crippen LogP) is 5.01. The average molecular weight is 472 g/mol. The van der Waals surface area contributed by atoms with Gasteiger partial charge in [0.05, 0.1) is 20.5 Å². The zero-order valence-corrected chi connectivity index (χ0v) is 19.4.